The lowest BCUT2D eigenvalue weighted by Gasteiger charge is -2.38. The zero-order valence-electron chi connectivity index (χ0n) is 7.46. The van der Waals surface area contributed by atoms with Crippen molar-refractivity contribution in [3.63, 3.8) is 0 Å². The second-order valence-electron chi connectivity index (χ2n) is 3.74. The molecule has 0 aromatic rings. The van der Waals surface area contributed by atoms with Crippen LogP contribution in [0.15, 0.2) is 0 Å². The van der Waals surface area contributed by atoms with Crippen LogP contribution in [0.1, 0.15) is 13.8 Å². The van der Waals surface area contributed by atoms with Crippen molar-refractivity contribution in [1.82, 2.24) is 5.32 Å². The Kier molecular flexibility index (Phi) is 2.69. The third-order valence-electron chi connectivity index (χ3n) is 2.11. The quantitative estimate of drug-likeness (QED) is 0.632. The maximum atomic E-state index is 10.4. The van der Waals surface area contributed by atoms with E-state index in [0.29, 0.717) is 6.54 Å². The summed E-state index contributed by atoms with van der Waals surface area (Å²) in [7, 11) is 0. The van der Waals surface area contributed by atoms with Crippen molar-refractivity contribution in [2.45, 2.75) is 19.9 Å². The van der Waals surface area contributed by atoms with Gasteiger partial charge < -0.3 is 15.2 Å². The van der Waals surface area contributed by atoms with Gasteiger partial charge in [-0.25, -0.2) is 0 Å². The molecular weight excluding hydrogens is 158 g/mol. The molecule has 4 heteroatoms. The van der Waals surface area contributed by atoms with Gasteiger partial charge >= 0.3 is 5.97 Å². The van der Waals surface area contributed by atoms with Gasteiger partial charge in [0.2, 0.25) is 0 Å². The van der Waals surface area contributed by atoms with Crippen LogP contribution < -0.4 is 5.32 Å². The number of ether oxygens (including phenoxy) is 1. The molecular formula is C8H15NO3. The topological polar surface area (TPSA) is 58.6 Å². The molecule has 0 aromatic heterocycles. The highest BCUT2D eigenvalue weighted by Gasteiger charge is 2.33. The molecule has 0 bridgehead atoms. The highest BCUT2D eigenvalue weighted by molar-refractivity contribution is 5.72. The predicted octanol–water partition coefficient (Wildman–Crippen LogP) is 0.0856. The van der Waals surface area contributed by atoms with E-state index < -0.39 is 12.0 Å². The van der Waals surface area contributed by atoms with E-state index in [9.17, 15) is 4.79 Å². The Morgan fingerprint density at radius 3 is 2.67 bits per heavy atom. The number of carboxylic acid groups (broad SMARTS) is 1. The van der Waals surface area contributed by atoms with Gasteiger partial charge in [0.15, 0.2) is 0 Å². The van der Waals surface area contributed by atoms with Gasteiger partial charge in [0.05, 0.1) is 13.2 Å². The SMILES string of the molecule is CC(NCC1(C)COC1)C(=O)O. The van der Waals surface area contributed by atoms with Gasteiger partial charge in [-0.3, -0.25) is 4.79 Å². The number of rotatable bonds is 4. The summed E-state index contributed by atoms with van der Waals surface area (Å²) in [6.07, 6.45) is 0. The second-order valence-corrected chi connectivity index (χ2v) is 3.74. The first kappa shape index (κ1) is 9.48. The molecule has 1 aliphatic heterocycles. The third kappa shape index (κ3) is 2.19. The Morgan fingerprint density at radius 2 is 2.33 bits per heavy atom. The maximum Gasteiger partial charge on any atom is 0.320 e. The van der Waals surface area contributed by atoms with Gasteiger partial charge in [-0.15, -0.1) is 0 Å². The molecule has 0 saturated carbocycles. The Balaban J connectivity index is 2.20. The van der Waals surface area contributed by atoms with E-state index in [1.54, 1.807) is 6.92 Å². The van der Waals surface area contributed by atoms with Crippen molar-refractivity contribution in [2.24, 2.45) is 5.41 Å². The van der Waals surface area contributed by atoms with Crippen LogP contribution in [0.3, 0.4) is 0 Å². The monoisotopic (exact) mass is 173 g/mol. The molecule has 0 aromatic carbocycles. The first-order valence-electron chi connectivity index (χ1n) is 4.07. The summed E-state index contributed by atoms with van der Waals surface area (Å²) in [5.41, 5.74) is 0.143. The van der Waals surface area contributed by atoms with E-state index in [-0.39, 0.29) is 5.41 Å². The van der Waals surface area contributed by atoms with Crippen LogP contribution in [-0.4, -0.2) is 36.9 Å². The molecule has 1 atom stereocenters. The number of carbonyl (C=O) groups is 1. The second kappa shape index (κ2) is 3.41. The standard InChI is InChI=1S/C8H15NO3/c1-6(7(10)11)9-3-8(2)4-12-5-8/h6,9H,3-5H2,1-2H3,(H,10,11). The number of nitrogens with one attached hydrogen (secondary N) is 1. The van der Waals surface area contributed by atoms with E-state index in [4.69, 9.17) is 9.84 Å². The summed E-state index contributed by atoms with van der Waals surface area (Å²) in [5.74, 6) is -0.807. The molecule has 0 radical (unpaired) electrons. The van der Waals surface area contributed by atoms with Gasteiger partial charge in [0.25, 0.3) is 0 Å². The summed E-state index contributed by atoms with van der Waals surface area (Å²) in [6.45, 7) is 5.89. The van der Waals surface area contributed by atoms with Crippen molar-refractivity contribution in [3.05, 3.63) is 0 Å². The molecule has 1 unspecified atom stereocenters. The van der Waals surface area contributed by atoms with Gasteiger partial charge in [-0.1, -0.05) is 6.92 Å². The first-order chi connectivity index (χ1) is 5.53. The highest BCUT2D eigenvalue weighted by Crippen LogP contribution is 2.25. The Bertz CT molecular complexity index is 177. The lowest BCUT2D eigenvalue weighted by atomic mass is 9.88. The first-order valence-corrected chi connectivity index (χ1v) is 4.07. The lowest BCUT2D eigenvalue weighted by Crippen LogP contribution is -2.50. The van der Waals surface area contributed by atoms with Crippen LogP contribution in [0.4, 0.5) is 0 Å². The van der Waals surface area contributed by atoms with Gasteiger partial charge in [-0.2, -0.15) is 0 Å². The molecule has 1 saturated heterocycles. The van der Waals surface area contributed by atoms with Crippen molar-refractivity contribution >= 4 is 5.97 Å². The molecule has 1 rings (SSSR count). The molecule has 0 spiro atoms. The summed E-state index contributed by atoms with van der Waals surface area (Å²) in [4.78, 5) is 10.4. The normalized spacial score (nSPS) is 22.8. The summed E-state index contributed by atoms with van der Waals surface area (Å²) >= 11 is 0. The fourth-order valence-corrected chi connectivity index (χ4v) is 1.04. The van der Waals surface area contributed by atoms with Crippen LogP contribution in [0.25, 0.3) is 0 Å². The van der Waals surface area contributed by atoms with Gasteiger partial charge in [0.1, 0.15) is 6.04 Å². The fraction of sp³-hybridized carbons (Fsp3) is 0.875. The van der Waals surface area contributed by atoms with E-state index in [1.165, 1.54) is 0 Å². The van der Waals surface area contributed by atoms with Gasteiger partial charge in [0, 0.05) is 12.0 Å². The van der Waals surface area contributed by atoms with E-state index in [1.807, 2.05) is 0 Å². The Labute approximate surface area is 71.9 Å². The number of aliphatic carboxylic acids is 1. The van der Waals surface area contributed by atoms with E-state index in [2.05, 4.69) is 12.2 Å². The fourth-order valence-electron chi connectivity index (χ4n) is 1.04. The molecule has 2 N–H and O–H groups in total. The Hall–Kier alpha value is -0.610. The van der Waals surface area contributed by atoms with Crippen LogP contribution in [0.2, 0.25) is 0 Å². The van der Waals surface area contributed by atoms with Crippen LogP contribution >= 0.6 is 0 Å². The molecule has 1 heterocycles. The number of carboxylic acids is 1. The van der Waals surface area contributed by atoms with Crippen molar-refractivity contribution in [1.29, 1.82) is 0 Å². The Morgan fingerprint density at radius 1 is 1.75 bits per heavy atom. The van der Waals surface area contributed by atoms with E-state index in [0.717, 1.165) is 13.2 Å². The molecule has 0 amide bonds. The summed E-state index contributed by atoms with van der Waals surface area (Å²) in [6, 6.07) is -0.470. The molecule has 70 valence electrons. The summed E-state index contributed by atoms with van der Waals surface area (Å²) < 4.78 is 5.04. The minimum absolute atomic E-state index is 0.143. The lowest BCUT2D eigenvalue weighted by molar-refractivity contribution is -0.140. The zero-order valence-corrected chi connectivity index (χ0v) is 7.46. The minimum Gasteiger partial charge on any atom is -0.480 e. The molecule has 4 nitrogen and oxygen atoms in total. The number of hydrogen-bond acceptors (Lipinski definition) is 3. The average molecular weight is 173 g/mol. The maximum absolute atomic E-state index is 10.4. The predicted molar refractivity (Wildman–Crippen MR) is 44.0 cm³/mol. The van der Waals surface area contributed by atoms with Crippen molar-refractivity contribution in [2.75, 3.05) is 19.8 Å². The zero-order chi connectivity index (χ0) is 9.19. The molecule has 12 heavy (non-hydrogen) atoms. The van der Waals surface area contributed by atoms with Gasteiger partial charge in [-0.05, 0) is 6.92 Å². The highest BCUT2D eigenvalue weighted by atomic mass is 16.5. The minimum atomic E-state index is -0.807. The van der Waals surface area contributed by atoms with Crippen molar-refractivity contribution in [3.8, 4) is 0 Å². The van der Waals surface area contributed by atoms with Crippen LogP contribution in [0.5, 0.6) is 0 Å². The molecule has 1 aliphatic rings. The molecule has 1 fully saturated rings. The summed E-state index contributed by atoms with van der Waals surface area (Å²) in [5, 5.41) is 11.5. The number of hydrogen-bond donors (Lipinski definition) is 2. The van der Waals surface area contributed by atoms with Crippen LogP contribution in [-0.2, 0) is 9.53 Å². The third-order valence-corrected chi connectivity index (χ3v) is 2.11. The molecule has 0 aliphatic carbocycles. The largest absolute Gasteiger partial charge is 0.480 e. The van der Waals surface area contributed by atoms with E-state index >= 15 is 0 Å². The average Bonchev–Trinajstić information content (AvgIpc) is 1.96. The van der Waals surface area contributed by atoms with Crippen molar-refractivity contribution < 1.29 is 14.6 Å². The van der Waals surface area contributed by atoms with Crippen LogP contribution in [0, 0.1) is 5.41 Å². The smallest absolute Gasteiger partial charge is 0.320 e.